The van der Waals surface area contributed by atoms with Crippen molar-refractivity contribution >= 4 is 11.9 Å². The van der Waals surface area contributed by atoms with Gasteiger partial charge in [0.05, 0.1) is 12.8 Å². The summed E-state index contributed by atoms with van der Waals surface area (Å²) < 4.78 is 0. The van der Waals surface area contributed by atoms with Crippen LogP contribution in [0.3, 0.4) is 0 Å². The summed E-state index contributed by atoms with van der Waals surface area (Å²) in [6.45, 7) is 2.29. The number of aliphatic hydroxyl groups is 2. The van der Waals surface area contributed by atoms with Crippen LogP contribution in [0.25, 0.3) is 0 Å². The Bertz CT molecular complexity index is 274. The van der Waals surface area contributed by atoms with Gasteiger partial charge in [-0.2, -0.15) is 0 Å². The van der Waals surface area contributed by atoms with E-state index in [1.54, 1.807) is 0 Å². The minimum Gasteiger partial charge on any atom is -0.481 e. The maximum absolute atomic E-state index is 9.64. The second-order valence-electron chi connectivity index (χ2n) is 6.35. The monoisotopic (exact) mass is 378 g/mol. The zero-order valence-electron chi connectivity index (χ0n) is 17.1. The largest absolute Gasteiger partial charge is 0.481 e. The molecule has 0 saturated heterocycles. The summed E-state index contributed by atoms with van der Waals surface area (Å²) in [5, 5.41) is 29.8. The molecule has 1 aliphatic carbocycles. The highest BCUT2D eigenvalue weighted by molar-refractivity contribution is 5.75. The number of hydrogen-bond donors (Lipinski definition) is 4. The van der Waals surface area contributed by atoms with Gasteiger partial charge in [-0.3, -0.25) is 9.59 Å². The Labute approximate surface area is 159 Å². The van der Waals surface area contributed by atoms with E-state index in [1.165, 1.54) is 77.0 Å². The molecule has 0 heterocycles. The molecule has 158 valence electrons. The van der Waals surface area contributed by atoms with Gasteiger partial charge in [0.25, 0.3) is 0 Å². The third-order valence-electron chi connectivity index (χ3n) is 4.24. The first-order chi connectivity index (χ1) is 12.6. The summed E-state index contributed by atoms with van der Waals surface area (Å²) in [6, 6.07) is 0. The summed E-state index contributed by atoms with van der Waals surface area (Å²) in [6.07, 6.45) is 17.3. The highest BCUT2D eigenvalue weighted by Gasteiger charge is 2.12. The van der Waals surface area contributed by atoms with Crippen LogP contribution in [0.5, 0.6) is 0 Å². The normalized spacial score (nSPS) is 13.1. The van der Waals surface area contributed by atoms with Crippen molar-refractivity contribution < 1.29 is 30.0 Å². The van der Waals surface area contributed by atoms with Crippen LogP contribution in [0, 0.1) is 5.92 Å². The van der Waals surface area contributed by atoms with Gasteiger partial charge in [0.15, 0.2) is 0 Å². The Hall–Kier alpha value is -1.14. The fourth-order valence-corrected chi connectivity index (χ4v) is 2.90. The van der Waals surface area contributed by atoms with E-state index in [-0.39, 0.29) is 12.8 Å². The molecule has 0 unspecified atom stereocenters. The van der Waals surface area contributed by atoms with Crippen LogP contribution in [-0.2, 0) is 9.59 Å². The van der Waals surface area contributed by atoms with E-state index >= 15 is 0 Å². The SMILES string of the molecule is CCCCCCCCC1CCCCC1.CO.CO.O=C(O)CCC(=O)O. The van der Waals surface area contributed by atoms with Gasteiger partial charge in [-0.25, -0.2) is 0 Å². The molecule has 26 heavy (non-hydrogen) atoms. The lowest BCUT2D eigenvalue weighted by Gasteiger charge is -2.21. The molecular weight excluding hydrogens is 336 g/mol. The Morgan fingerprint density at radius 3 is 1.58 bits per heavy atom. The van der Waals surface area contributed by atoms with E-state index in [4.69, 9.17) is 20.4 Å². The third-order valence-corrected chi connectivity index (χ3v) is 4.24. The first kappa shape index (κ1) is 29.6. The number of aliphatic carboxylic acids is 2. The number of aliphatic hydroxyl groups excluding tert-OH is 2. The average Bonchev–Trinajstić information content (AvgIpc) is 2.67. The maximum atomic E-state index is 9.64. The van der Waals surface area contributed by atoms with Gasteiger partial charge in [0.2, 0.25) is 0 Å². The number of unbranched alkanes of at least 4 members (excludes halogenated alkanes) is 5. The van der Waals surface area contributed by atoms with Crippen LogP contribution in [0.1, 0.15) is 96.8 Å². The molecule has 1 saturated carbocycles. The summed E-state index contributed by atoms with van der Waals surface area (Å²) in [5.41, 5.74) is 0. The third kappa shape index (κ3) is 27.7. The van der Waals surface area contributed by atoms with Crippen molar-refractivity contribution in [3.8, 4) is 0 Å². The fourth-order valence-electron chi connectivity index (χ4n) is 2.90. The number of hydrogen-bond acceptors (Lipinski definition) is 4. The van der Waals surface area contributed by atoms with Crippen LogP contribution in [0.2, 0.25) is 0 Å². The van der Waals surface area contributed by atoms with E-state index < -0.39 is 11.9 Å². The van der Waals surface area contributed by atoms with Crippen molar-refractivity contribution in [2.75, 3.05) is 14.2 Å². The molecule has 1 fully saturated rings. The minimum absolute atomic E-state index is 0.296. The molecule has 0 aromatic carbocycles. The smallest absolute Gasteiger partial charge is 0.303 e. The van der Waals surface area contributed by atoms with Crippen molar-refractivity contribution in [1.82, 2.24) is 0 Å². The highest BCUT2D eigenvalue weighted by Crippen LogP contribution is 2.28. The molecule has 0 radical (unpaired) electrons. The van der Waals surface area contributed by atoms with E-state index in [0.29, 0.717) is 0 Å². The van der Waals surface area contributed by atoms with Crippen LogP contribution in [0.4, 0.5) is 0 Å². The first-order valence-electron chi connectivity index (χ1n) is 9.89. The lowest BCUT2D eigenvalue weighted by molar-refractivity contribution is -0.143. The molecule has 0 aliphatic heterocycles. The first-order valence-corrected chi connectivity index (χ1v) is 9.89. The van der Waals surface area contributed by atoms with Gasteiger partial charge < -0.3 is 20.4 Å². The van der Waals surface area contributed by atoms with Crippen LogP contribution in [0.15, 0.2) is 0 Å². The molecule has 1 rings (SSSR count). The highest BCUT2D eigenvalue weighted by atomic mass is 16.4. The van der Waals surface area contributed by atoms with Gasteiger partial charge in [-0.15, -0.1) is 0 Å². The number of rotatable bonds is 10. The number of carboxylic acids is 2. The minimum atomic E-state index is -1.08. The van der Waals surface area contributed by atoms with E-state index in [0.717, 1.165) is 20.1 Å². The fraction of sp³-hybridized carbons (Fsp3) is 0.900. The molecule has 6 heteroatoms. The zero-order chi connectivity index (χ0) is 20.6. The van der Waals surface area contributed by atoms with Crippen molar-refractivity contribution in [3.63, 3.8) is 0 Å². The topological polar surface area (TPSA) is 115 Å². The van der Waals surface area contributed by atoms with Crippen molar-refractivity contribution in [2.45, 2.75) is 96.8 Å². The van der Waals surface area contributed by atoms with Gasteiger partial charge in [-0.05, 0) is 5.92 Å². The van der Waals surface area contributed by atoms with Gasteiger partial charge in [0, 0.05) is 14.2 Å². The molecule has 1 aliphatic rings. The molecule has 0 aromatic rings. The zero-order valence-corrected chi connectivity index (χ0v) is 17.1. The second kappa shape index (κ2) is 26.1. The lowest BCUT2D eigenvalue weighted by atomic mass is 9.85. The molecule has 0 amide bonds. The van der Waals surface area contributed by atoms with Crippen LogP contribution in [-0.4, -0.2) is 46.6 Å². The molecule has 0 spiro atoms. The van der Waals surface area contributed by atoms with Crippen LogP contribution < -0.4 is 0 Å². The molecule has 0 atom stereocenters. The maximum Gasteiger partial charge on any atom is 0.303 e. The lowest BCUT2D eigenvalue weighted by Crippen LogP contribution is -2.05. The Kier molecular flexibility index (Phi) is 29.7. The second-order valence-corrected chi connectivity index (χ2v) is 6.35. The number of carboxylic acid groups (broad SMARTS) is 2. The van der Waals surface area contributed by atoms with E-state index in [2.05, 4.69) is 6.92 Å². The molecular formula is C20H42O6. The van der Waals surface area contributed by atoms with Gasteiger partial charge in [-0.1, -0.05) is 84.0 Å². The van der Waals surface area contributed by atoms with Gasteiger partial charge >= 0.3 is 11.9 Å². The standard InChI is InChI=1S/C14H28.C4H6O4.2CH4O/c1-2-3-4-5-6-8-11-14-12-9-7-10-13-14;5-3(6)1-2-4(7)8;2*1-2/h14H,2-13H2,1H3;1-2H2,(H,5,6)(H,7,8);2*2H,1H3. The summed E-state index contributed by atoms with van der Waals surface area (Å²) >= 11 is 0. The predicted octanol–water partition coefficient (Wildman–Crippen LogP) is 4.47. The van der Waals surface area contributed by atoms with Crippen molar-refractivity contribution in [1.29, 1.82) is 0 Å². The van der Waals surface area contributed by atoms with E-state index in [1.807, 2.05) is 0 Å². The average molecular weight is 379 g/mol. The van der Waals surface area contributed by atoms with Crippen molar-refractivity contribution in [3.05, 3.63) is 0 Å². The Morgan fingerprint density at radius 2 is 1.15 bits per heavy atom. The summed E-state index contributed by atoms with van der Waals surface area (Å²) in [4.78, 5) is 19.3. The Balaban J connectivity index is -0.000000377. The Morgan fingerprint density at radius 1 is 0.731 bits per heavy atom. The quantitative estimate of drug-likeness (QED) is 0.417. The molecule has 0 aromatic heterocycles. The predicted molar refractivity (Wildman–Crippen MR) is 105 cm³/mol. The summed E-state index contributed by atoms with van der Waals surface area (Å²) in [5.74, 6) is -1.05. The van der Waals surface area contributed by atoms with Crippen LogP contribution >= 0.6 is 0 Å². The molecule has 0 bridgehead atoms. The van der Waals surface area contributed by atoms with Gasteiger partial charge in [0.1, 0.15) is 0 Å². The van der Waals surface area contributed by atoms with Crippen molar-refractivity contribution in [2.24, 2.45) is 5.92 Å². The molecule has 6 nitrogen and oxygen atoms in total. The van der Waals surface area contributed by atoms with E-state index in [9.17, 15) is 9.59 Å². The summed E-state index contributed by atoms with van der Waals surface area (Å²) in [7, 11) is 2.00. The molecule has 4 N–H and O–H groups in total. The number of carbonyl (C=O) groups is 2.